The van der Waals surface area contributed by atoms with Crippen LogP contribution in [0.15, 0.2) is 0 Å². The minimum Gasteiger partial charge on any atom is -0.519 e. The summed E-state index contributed by atoms with van der Waals surface area (Å²) in [6.45, 7) is 4.03. The van der Waals surface area contributed by atoms with Crippen LogP contribution in [0.2, 0.25) is 18.6 Å². The van der Waals surface area contributed by atoms with E-state index in [0.29, 0.717) is 6.42 Å². The zero-order valence-corrected chi connectivity index (χ0v) is 8.35. The zero-order valence-electron chi connectivity index (χ0n) is 7.35. The highest BCUT2D eigenvalue weighted by atomic mass is 28.4. The summed E-state index contributed by atoms with van der Waals surface area (Å²) in [4.78, 5) is 11.0. The molecule has 0 aromatic carbocycles. The van der Waals surface area contributed by atoms with Crippen molar-refractivity contribution < 1.29 is 9.22 Å². The fourth-order valence-electron chi connectivity index (χ4n) is 1.57. The molecule has 1 saturated heterocycles. The summed E-state index contributed by atoms with van der Waals surface area (Å²) in [6.07, 6.45) is 3.06. The van der Waals surface area contributed by atoms with Gasteiger partial charge in [0.2, 0.25) is 0 Å². The normalized spacial score (nSPS) is 21.6. The molecule has 0 aliphatic carbocycles. The highest BCUT2D eigenvalue weighted by Crippen LogP contribution is 2.30. The van der Waals surface area contributed by atoms with Crippen LogP contribution in [0.5, 0.6) is 0 Å². The van der Waals surface area contributed by atoms with E-state index < -0.39 is 8.32 Å². The molecular weight excluding hydrogens is 156 g/mol. The smallest absolute Gasteiger partial charge is 0.292 e. The molecule has 1 aliphatic rings. The number of carbonyl (C=O) groups is 1. The second-order valence-electron chi connectivity index (χ2n) is 3.48. The molecule has 0 atom stereocenters. The first-order chi connectivity index (χ1) is 5.16. The molecule has 0 saturated carbocycles. The SMILES string of the molecule is CCC(=O)O[Si]1(C)CCCC1. The third-order valence-corrected chi connectivity index (χ3v) is 5.85. The molecule has 1 heterocycles. The zero-order chi connectivity index (χ0) is 8.32. The molecule has 0 amide bonds. The molecule has 0 bridgehead atoms. The third kappa shape index (κ3) is 2.33. The lowest BCUT2D eigenvalue weighted by Crippen LogP contribution is -2.32. The Bertz CT molecular complexity index is 150. The highest BCUT2D eigenvalue weighted by molar-refractivity contribution is 6.74. The molecule has 1 fully saturated rings. The van der Waals surface area contributed by atoms with E-state index in [1.54, 1.807) is 0 Å². The Kier molecular flexibility index (Phi) is 2.71. The van der Waals surface area contributed by atoms with E-state index in [1.165, 1.54) is 24.9 Å². The first-order valence-corrected chi connectivity index (χ1v) is 7.20. The number of hydrogen-bond acceptors (Lipinski definition) is 2. The molecule has 0 aromatic rings. The fourth-order valence-corrected chi connectivity index (χ4v) is 4.72. The van der Waals surface area contributed by atoms with Gasteiger partial charge in [-0.3, -0.25) is 4.79 Å². The Morgan fingerprint density at radius 1 is 1.45 bits per heavy atom. The fraction of sp³-hybridized carbons (Fsp3) is 0.875. The van der Waals surface area contributed by atoms with Gasteiger partial charge in [-0.15, -0.1) is 0 Å². The predicted octanol–water partition coefficient (Wildman–Crippen LogP) is 2.31. The number of rotatable bonds is 2. The van der Waals surface area contributed by atoms with Crippen molar-refractivity contribution >= 4 is 14.3 Å². The van der Waals surface area contributed by atoms with Crippen LogP contribution in [0.3, 0.4) is 0 Å². The maximum atomic E-state index is 11.0. The lowest BCUT2D eigenvalue weighted by atomic mass is 10.4. The van der Waals surface area contributed by atoms with Gasteiger partial charge in [0.15, 0.2) is 0 Å². The first-order valence-electron chi connectivity index (χ1n) is 4.38. The van der Waals surface area contributed by atoms with E-state index in [-0.39, 0.29) is 5.97 Å². The Morgan fingerprint density at radius 2 is 2.00 bits per heavy atom. The minimum absolute atomic E-state index is 0.000988. The van der Waals surface area contributed by atoms with E-state index in [2.05, 4.69) is 6.55 Å². The van der Waals surface area contributed by atoms with Gasteiger partial charge in [-0.1, -0.05) is 19.8 Å². The van der Waals surface area contributed by atoms with Crippen molar-refractivity contribution in [2.75, 3.05) is 0 Å². The van der Waals surface area contributed by atoms with Crippen molar-refractivity contribution in [3.63, 3.8) is 0 Å². The van der Waals surface area contributed by atoms with Gasteiger partial charge in [-0.05, 0) is 18.6 Å². The summed E-state index contributed by atoms with van der Waals surface area (Å²) < 4.78 is 5.45. The number of carbonyl (C=O) groups excluding carboxylic acids is 1. The van der Waals surface area contributed by atoms with Gasteiger partial charge in [0.05, 0.1) is 0 Å². The summed E-state index contributed by atoms with van der Waals surface area (Å²) in [7, 11) is -1.52. The van der Waals surface area contributed by atoms with Crippen LogP contribution < -0.4 is 0 Å². The van der Waals surface area contributed by atoms with Gasteiger partial charge in [-0.2, -0.15) is 0 Å². The van der Waals surface area contributed by atoms with Crippen LogP contribution >= 0.6 is 0 Å². The van der Waals surface area contributed by atoms with Crippen molar-refractivity contribution in [3.05, 3.63) is 0 Å². The Morgan fingerprint density at radius 3 is 2.45 bits per heavy atom. The molecule has 1 aliphatic heterocycles. The quantitative estimate of drug-likeness (QED) is 0.597. The summed E-state index contributed by atoms with van der Waals surface area (Å²) in [5.74, 6) is 0.000988. The average molecular weight is 172 g/mol. The van der Waals surface area contributed by atoms with Crippen LogP contribution in [0.4, 0.5) is 0 Å². The molecule has 0 spiro atoms. The molecule has 11 heavy (non-hydrogen) atoms. The van der Waals surface area contributed by atoms with Gasteiger partial charge in [0.1, 0.15) is 0 Å². The second kappa shape index (κ2) is 3.39. The molecule has 1 rings (SSSR count). The largest absolute Gasteiger partial charge is 0.519 e. The van der Waals surface area contributed by atoms with Crippen LogP contribution in [0.1, 0.15) is 26.2 Å². The van der Waals surface area contributed by atoms with Crippen molar-refractivity contribution in [3.8, 4) is 0 Å². The van der Waals surface area contributed by atoms with E-state index >= 15 is 0 Å². The van der Waals surface area contributed by atoms with Gasteiger partial charge >= 0.3 is 0 Å². The molecule has 2 nitrogen and oxygen atoms in total. The van der Waals surface area contributed by atoms with Gasteiger partial charge in [0.25, 0.3) is 14.3 Å². The van der Waals surface area contributed by atoms with Crippen LogP contribution in [-0.4, -0.2) is 14.3 Å². The van der Waals surface area contributed by atoms with E-state index in [1.807, 2.05) is 6.92 Å². The maximum absolute atomic E-state index is 11.0. The lowest BCUT2D eigenvalue weighted by molar-refractivity contribution is -0.134. The Hall–Kier alpha value is -0.313. The average Bonchev–Trinajstić information content (AvgIpc) is 2.36. The van der Waals surface area contributed by atoms with Crippen LogP contribution in [-0.2, 0) is 9.22 Å². The molecule has 0 unspecified atom stereocenters. The third-order valence-electron chi connectivity index (χ3n) is 2.31. The standard InChI is InChI=1S/C8H16O2Si/c1-3-8(9)10-11(2)6-4-5-7-11/h3-7H2,1-2H3. The first kappa shape index (κ1) is 8.78. The van der Waals surface area contributed by atoms with Crippen molar-refractivity contribution in [2.45, 2.75) is 44.8 Å². The van der Waals surface area contributed by atoms with Crippen molar-refractivity contribution in [2.24, 2.45) is 0 Å². The topological polar surface area (TPSA) is 26.3 Å². The Balaban J connectivity index is 2.39. The van der Waals surface area contributed by atoms with Crippen molar-refractivity contribution in [1.82, 2.24) is 0 Å². The molecule has 0 radical (unpaired) electrons. The monoisotopic (exact) mass is 172 g/mol. The highest BCUT2D eigenvalue weighted by Gasteiger charge is 2.35. The van der Waals surface area contributed by atoms with Crippen molar-refractivity contribution in [1.29, 1.82) is 0 Å². The van der Waals surface area contributed by atoms with Crippen LogP contribution in [0, 0.1) is 0 Å². The molecule has 0 aromatic heterocycles. The molecule has 0 N–H and O–H groups in total. The molecule has 64 valence electrons. The van der Waals surface area contributed by atoms with Gasteiger partial charge < -0.3 is 4.43 Å². The lowest BCUT2D eigenvalue weighted by Gasteiger charge is -2.20. The predicted molar refractivity (Wildman–Crippen MR) is 46.8 cm³/mol. The molecule has 3 heteroatoms. The second-order valence-corrected chi connectivity index (χ2v) is 7.59. The molecular formula is C8H16O2Si. The minimum atomic E-state index is -1.52. The van der Waals surface area contributed by atoms with E-state index in [9.17, 15) is 4.79 Å². The summed E-state index contributed by atoms with van der Waals surface area (Å²) in [5, 5.41) is 0. The number of hydrogen-bond donors (Lipinski definition) is 0. The maximum Gasteiger partial charge on any atom is 0.292 e. The van der Waals surface area contributed by atoms with E-state index in [4.69, 9.17) is 4.43 Å². The summed E-state index contributed by atoms with van der Waals surface area (Å²) in [5.41, 5.74) is 0. The van der Waals surface area contributed by atoms with E-state index in [0.717, 1.165) is 0 Å². The Labute approximate surface area is 69.1 Å². The van der Waals surface area contributed by atoms with Crippen LogP contribution in [0.25, 0.3) is 0 Å². The summed E-state index contributed by atoms with van der Waals surface area (Å²) >= 11 is 0. The summed E-state index contributed by atoms with van der Waals surface area (Å²) in [6, 6.07) is 2.36. The van der Waals surface area contributed by atoms with Gasteiger partial charge in [0, 0.05) is 6.42 Å². The van der Waals surface area contributed by atoms with Gasteiger partial charge in [-0.25, -0.2) is 0 Å².